The van der Waals surface area contributed by atoms with Gasteiger partial charge in [-0.15, -0.1) is 0 Å². The fraction of sp³-hybridized carbons (Fsp3) is 0.240. The smallest absolute Gasteiger partial charge is 0.303 e. The van der Waals surface area contributed by atoms with Gasteiger partial charge in [0.15, 0.2) is 0 Å². The summed E-state index contributed by atoms with van der Waals surface area (Å²) in [4.78, 5) is 37.9. The highest BCUT2D eigenvalue weighted by Crippen LogP contribution is 2.34. The second kappa shape index (κ2) is 9.60. The molecule has 3 N–H and O–H groups in total. The number of hydrogen-bond donors (Lipinski definition) is 3. The molecule has 1 aliphatic heterocycles. The largest absolute Gasteiger partial charge is 0.497 e. The van der Waals surface area contributed by atoms with Gasteiger partial charge in [-0.1, -0.05) is 12.1 Å². The number of benzene rings is 3. The van der Waals surface area contributed by atoms with Crippen LogP contribution in [0.15, 0.2) is 54.6 Å². The lowest BCUT2D eigenvalue weighted by molar-refractivity contribution is -0.137. The van der Waals surface area contributed by atoms with Crippen LogP contribution >= 0.6 is 0 Å². The Morgan fingerprint density at radius 3 is 2.33 bits per heavy atom. The van der Waals surface area contributed by atoms with E-state index in [1.165, 1.54) is 0 Å². The fourth-order valence-electron chi connectivity index (χ4n) is 4.00. The Balaban J connectivity index is 1.48. The molecule has 0 saturated heterocycles. The van der Waals surface area contributed by atoms with Gasteiger partial charge in [-0.25, -0.2) is 0 Å². The number of carboxylic acids is 1. The maximum atomic E-state index is 13.0. The Morgan fingerprint density at radius 1 is 0.939 bits per heavy atom. The van der Waals surface area contributed by atoms with E-state index in [2.05, 4.69) is 10.6 Å². The molecular formula is C25H25N3O5. The van der Waals surface area contributed by atoms with Gasteiger partial charge >= 0.3 is 5.97 Å². The lowest BCUT2D eigenvalue weighted by atomic mass is 9.93. The van der Waals surface area contributed by atoms with Gasteiger partial charge in [-0.05, 0) is 48.9 Å². The normalized spacial score (nSPS) is 12.7. The number of nitrogens with one attached hydrogen (secondary N) is 2. The van der Waals surface area contributed by atoms with E-state index in [-0.39, 0.29) is 31.2 Å². The maximum Gasteiger partial charge on any atom is 0.303 e. The number of aliphatic carboxylic acids is 1. The van der Waals surface area contributed by atoms with Crippen molar-refractivity contribution in [1.29, 1.82) is 0 Å². The van der Waals surface area contributed by atoms with Crippen LogP contribution in [0.1, 0.15) is 33.6 Å². The van der Waals surface area contributed by atoms with Gasteiger partial charge in [0, 0.05) is 59.3 Å². The molecule has 170 valence electrons. The van der Waals surface area contributed by atoms with Crippen molar-refractivity contribution in [3.8, 4) is 5.75 Å². The van der Waals surface area contributed by atoms with E-state index in [0.717, 1.165) is 27.4 Å². The van der Waals surface area contributed by atoms with Gasteiger partial charge in [0.05, 0.1) is 7.11 Å². The third-order valence-electron chi connectivity index (χ3n) is 5.62. The topological polar surface area (TPSA) is 108 Å². The van der Waals surface area contributed by atoms with Crippen molar-refractivity contribution in [2.45, 2.75) is 12.8 Å². The van der Waals surface area contributed by atoms with Crippen LogP contribution in [0, 0.1) is 0 Å². The molecule has 3 aromatic carbocycles. The number of hydrogen-bond acceptors (Lipinski definition) is 6. The molecule has 1 heterocycles. The van der Waals surface area contributed by atoms with E-state index in [9.17, 15) is 14.4 Å². The second-order valence-corrected chi connectivity index (χ2v) is 7.73. The molecule has 3 aromatic rings. The molecule has 0 fully saturated rings. The first-order valence-corrected chi connectivity index (χ1v) is 10.7. The molecule has 8 nitrogen and oxygen atoms in total. The summed E-state index contributed by atoms with van der Waals surface area (Å²) in [6.07, 6.45) is 0.125. The van der Waals surface area contributed by atoms with Gasteiger partial charge in [-0.3, -0.25) is 19.3 Å². The van der Waals surface area contributed by atoms with E-state index >= 15 is 0 Å². The van der Waals surface area contributed by atoms with Gasteiger partial charge in [-0.2, -0.15) is 0 Å². The number of methoxy groups -OCH3 is 1. The summed E-state index contributed by atoms with van der Waals surface area (Å²) in [5.74, 6) is -0.928. The molecule has 0 radical (unpaired) electrons. The molecule has 2 amide bonds. The standard InChI is InChI=1S/C25H25N3O5/c1-33-17-9-7-16(8-10-17)26-13-14-27-21-12-11-20-23-18(21)4-2-5-19(23)24(31)28(25(20)32)15-3-6-22(29)30/h2,4-5,7-12,26-27H,3,6,13-15H2,1H3,(H,29,30). The highest BCUT2D eigenvalue weighted by Gasteiger charge is 2.32. The highest BCUT2D eigenvalue weighted by molar-refractivity contribution is 6.26. The molecule has 0 spiro atoms. The summed E-state index contributed by atoms with van der Waals surface area (Å²) in [5, 5.41) is 17.0. The first-order valence-electron chi connectivity index (χ1n) is 10.7. The molecule has 4 rings (SSSR count). The molecule has 8 heteroatoms. The zero-order chi connectivity index (χ0) is 23.4. The number of nitrogens with zero attached hydrogens (tertiary/aromatic N) is 1. The van der Waals surface area contributed by atoms with E-state index in [4.69, 9.17) is 9.84 Å². The lowest BCUT2D eigenvalue weighted by Gasteiger charge is -2.27. The Hall–Kier alpha value is -4.07. The minimum atomic E-state index is -0.952. The zero-order valence-electron chi connectivity index (χ0n) is 18.3. The van der Waals surface area contributed by atoms with Crippen LogP contribution in [0.4, 0.5) is 11.4 Å². The number of amides is 2. The van der Waals surface area contributed by atoms with Crippen molar-refractivity contribution in [3.05, 3.63) is 65.7 Å². The number of imide groups is 1. The van der Waals surface area contributed by atoms with Crippen LogP contribution in [0.2, 0.25) is 0 Å². The third-order valence-corrected chi connectivity index (χ3v) is 5.62. The number of carbonyl (C=O) groups excluding carboxylic acids is 2. The molecule has 0 bridgehead atoms. The average Bonchev–Trinajstić information content (AvgIpc) is 2.83. The van der Waals surface area contributed by atoms with Crippen LogP contribution in [0.5, 0.6) is 5.75 Å². The summed E-state index contributed by atoms with van der Waals surface area (Å²) in [7, 11) is 1.63. The van der Waals surface area contributed by atoms with Crippen LogP contribution in [-0.2, 0) is 4.79 Å². The van der Waals surface area contributed by atoms with E-state index < -0.39 is 5.97 Å². The predicted octanol–water partition coefficient (Wildman–Crippen LogP) is 3.83. The van der Waals surface area contributed by atoms with Crippen LogP contribution in [0.3, 0.4) is 0 Å². The maximum absolute atomic E-state index is 13.0. The molecule has 0 unspecified atom stereocenters. The molecular weight excluding hydrogens is 422 g/mol. The first kappa shape index (κ1) is 22.1. The van der Waals surface area contributed by atoms with Gasteiger partial charge in [0.1, 0.15) is 5.75 Å². The van der Waals surface area contributed by atoms with Gasteiger partial charge < -0.3 is 20.5 Å². The average molecular weight is 447 g/mol. The minimum Gasteiger partial charge on any atom is -0.497 e. The molecule has 0 aliphatic carbocycles. The Labute approximate surface area is 191 Å². The van der Waals surface area contributed by atoms with Crippen molar-refractivity contribution in [1.82, 2.24) is 4.90 Å². The SMILES string of the molecule is COc1ccc(NCCNc2ccc3c4c(cccc24)C(=O)N(CCCC(=O)O)C3=O)cc1. The van der Waals surface area contributed by atoms with Crippen LogP contribution < -0.4 is 15.4 Å². The van der Waals surface area contributed by atoms with Crippen LogP contribution in [-0.4, -0.2) is 54.5 Å². The third kappa shape index (κ3) is 4.59. The number of rotatable bonds is 10. The van der Waals surface area contributed by atoms with Crippen molar-refractivity contribution in [3.63, 3.8) is 0 Å². The van der Waals surface area contributed by atoms with Crippen molar-refractivity contribution < 1.29 is 24.2 Å². The van der Waals surface area contributed by atoms with E-state index in [0.29, 0.717) is 29.6 Å². The number of ether oxygens (including phenoxy) is 1. The van der Waals surface area contributed by atoms with Crippen molar-refractivity contribution in [2.75, 3.05) is 37.4 Å². The lowest BCUT2D eigenvalue weighted by Crippen LogP contribution is -2.41. The summed E-state index contributed by atoms with van der Waals surface area (Å²) in [5.41, 5.74) is 2.73. The summed E-state index contributed by atoms with van der Waals surface area (Å²) in [6, 6.07) is 16.6. The zero-order valence-corrected chi connectivity index (χ0v) is 18.3. The summed E-state index contributed by atoms with van der Waals surface area (Å²) >= 11 is 0. The van der Waals surface area contributed by atoms with Gasteiger partial charge in [0.2, 0.25) is 0 Å². The summed E-state index contributed by atoms with van der Waals surface area (Å²) in [6.45, 7) is 1.38. The Bertz CT molecular complexity index is 1180. The number of anilines is 2. The number of carbonyl (C=O) groups is 3. The Morgan fingerprint density at radius 2 is 1.64 bits per heavy atom. The van der Waals surface area contributed by atoms with E-state index in [1.54, 1.807) is 25.3 Å². The minimum absolute atomic E-state index is 0.0802. The molecule has 0 aromatic heterocycles. The quantitative estimate of drug-likeness (QED) is 0.320. The summed E-state index contributed by atoms with van der Waals surface area (Å²) < 4.78 is 5.16. The molecule has 0 saturated carbocycles. The van der Waals surface area contributed by atoms with Crippen molar-refractivity contribution in [2.24, 2.45) is 0 Å². The van der Waals surface area contributed by atoms with Gasteiger partial charge in [0.25, 0.3) is 11.8 Å². The van der Waals surface area contributed by atoms with Crippen LogP contribution in [0.25, 0.3) is 10.8 Å². The monoisotopic (exact) mass is 447 g/mol. The van der Waals surface area contributed by atoms with E-state index in [1.807, 2.05) is 36.4 Å². The number of carboxylic acid groups (broad SMARTS) is 1. The predicted molar refractivity (Wildman–Crippen MR) is 126 cm³/mol. The molecule has 33 heavy (non-hydrogen) atoms. The second-order valence-electron chi connectivity index (χ2n) is 7.73. The first-order chi connectivity index (χ1) is 16.0. The fourth-order valence-corrected chi connectivity index (χ4v) is 4.00. The highest BCUT2D eigenvalue weighted by atomic mass is 16.5. The van der Waals surface area contributed by atoms with Crippen molar-refractivity contribution >= 4 is 39.9 Å². The molecule has 0 atom stereocenters. The Kier molecular flexibility index (Phi) is 6.44. The molecule has 1 aliphatic rings.